The van der Waals surface area contributed by atoms with Gasteiger partial charge < -0.3 is 10.0 Å². The summed E-state index contributed by atoms with van der Waals surface area (Å²) in [5.41, 5.74) is 0. The topological polar surface area (TPSA) is 57.6 Å². The highest BCUT2D eigenvalue weighted by molar-refractivity contribution is 5.77. The number of carbonyl (C=O) groups excluding carboxylic acids is 1. The van der Waals surface area contributed by atoms with Crippen molar-refractivity contribution in [1.29, 1.82) is 0 Å². The Morgan fingerprint density at radius 1 is 1.17 bits per heavy atom. The number of carboxylic acids is 1. The molecular formula is C25H47NO3. The molecule has 0 aliphatic carbocycles. The fourth-order valence-corrected chi connectivity index (χ4v) is 2.60. The van der Waals surface area contributed by atoms with Gasteiger partial charge in [-0.3, -0.25) is 9.59 Å². The smallest absolute Gasteiger partial charge is 0.303 e. The lowest BCUT2D eigenvalue weighted by atomic mass is 10.0. The largest absolute Gasteiger partial charge is 0.481 e. The van der Waals surface area contributed by atoms with Crippen LogP contribution in [0.25, 0.3) is 0 Å². The molecule has 0 aromatic heterocycles. The molecule has 1 aliphatic rings. The van der Waals surface area contributed by atoms with Gasteiger partial charge in [-0.2, -0.15) is 0 Å². The van der Waals surface area contributed by atoms with Crippen LogP contribution >= 0.6 is 0 Å². The van der Waals surface area contributed by atoms with Gasteiger partial charge in [0.25, 0.3) is 0 Å². The number of carboxylic acid groups (broad SMARTS) is 1. The van der Waals surface area contributed by atoms with E-state index in [0.29, 0.717) is 12.3 Å². The van der Waals surface area contributed by atoms with Crippen LogP contribution in [0.3, 0.4) is 0 Å². The molecule has 1 aliphatic heterocycles. The Bertz CT molecular complexity index is 460. The average Bonchev–Trinajstić information content (AvgIpc) is 3.15. The molecule has 0 radical (unpaired) electrons. The third-order valence-electron chi connectivity index (χ3n) is 4.14. The lowest BCUT2D eigenvalue weighted by Gasteiger charge is -2.14. The molecule has 1 unspecified atom stereocenters. The molecule has 170 valence electrons. The van der Waals surface area contributed by atoms with Crippen LogP contribution in [0.5, 0.6) is 0 Å². The van der Waals surface area contributed by atoms with Gasteiger partial charge in [-0.25, -0.2) is 0 Å². The molecule has 0 bridgehead atoms. The third-order valence-corrected chi connectivity index (χ3v) is 4.14. The molecule has 29 heavy (non-hydrogen) atoms. The highest BCUT2D eigenvalue weighted by Crippen LogP contribution is 2.11. The Hall–Kier alpha value is -1.76. The Morgan fingerprint density at radius 2 is 1.79 bits per heavy atom. The van der Waals surface area contributed by atoms with Gasteiger partial charge in [0.1, 0.15) is 0 Å². The maximum Gasteiger partial charge on any atom is 0.303 e. The molecular weight excluding hydrogens is 362 g/mol. The molecule has 1 N–H and O–H groups in total. The first-order chi connectivity index (χ1) is 14.0. The summed E-state index contributed by atoms with van der Waals surface area (Å²) in [6, 6.07) is 0. The highest BCUT2D eigenvalue weighted by Gasteiger charge is 2.18. The molecule has 1 heterocycles. The van der Waals surface area contributed by atoms with Crippen molar-refractivity contribution in [2.75, 3.05) is 13.1 Å². The van der Waals surface area contributed by atoms with Gasteiger partial charge in [-0.1, -0.05) is 59.6 Å². The van der Waals surface area contributed by atoms with Gasteiger partial charge >= 0.3 is 5.97 Å². The zero-order valence-electron chi connectivity index (χ0n) is 20.2. The van der Waals surface area contributed by atoms with Gasteiger partial charge in [-0.15, -0.1) is 11.8 Å². The Labute approximate surface area is 181 Å². The monoisotopic (exact) mass is 409 g/mol. The Balaban J connectivity index is -0.000000421. The first-order valence-electron chi connectivity index (χ1n) is 11.5. The second-order valence-electron chi connectivity index (χ2n) is 6.58. The SMILES string of the molecule is CC.CC.CC#CCC(C)C/C=C/C.O=C(O)CCCCCCN1CCCC1=O. The van der Waals surface area contributed by atoms with Crippen molar-refractivity contribution in [3.05, 3.63) is 12.2 Å². The molecule has 4 heteroatoms. The quantitative estimate of drug-likeness (QED) is 0.248. The zero-order valence-corrected chi connectivity index (χ0v) is 20.2. The Morgan fingerprint density at radius 3 is 2.28 bits per heavy atom. The van der Waals surface area contributed by atoms with Crippen molar-refractivity contribution in [1.82, 2.24) is 4.90 Å². The Kier molecular flexibility index (Phi) is 28.9. The van der Waals surface area contributed by atoms with Crippen LogP contribution < -0.4 is 0 Å². The molecule has 1 amide bonds. The molecule has 0 saturated carbocycles. The molecule has 1 fully saturated rings. The van der Waals surface area contributed by atoms with Crippen LogP contribution in [0.4, 0.5) is 0 Å². The van der Waals surface area contributed by atoms with E-state index < -0.39 is 5.97 Å². The lowest BCUT2D eigenvalue weighted by molar-refractivity contribution is -0.137. The number of hydrogen-bond acceptors (Lipinski definition) is 2. The predicted molar refractivity (Wildman–Crippen MR) is 126 cm³/mol. The minimum Gasteiger partial charge on any atom is -0.481 e. The number of nitrogens with zero attached hydrogens (tertiary/aromatic N) is 1. The average molecular weight is 410 g/mol. The van der Waals surface area contributed by atoms with Gasteiger partial charge in [0, 0.05) is 32.4 Å². The summed E-state index contributed by atoms with van der Waals surface area (Å²) in [4.78, 5) is 23.4. The standard InChI is InChI=1S/C11H19NO3.C10H16.2C2H6/c13-10-6-5-9-12(10)8-4-2-1-3-7-11(14)15;1-4-6-8-10(3)9-7-5-2;2*1-2/h1-9H2,(H,14,15);4,6,10H,8-9H2,1-3H3;2*1-2H3/b;6-4+;;. The lowest BCUT2D eigenvalue weighted by Crippen LogP contribution is -2.25. The van der Waals surface area contributed by atoms with Crippen molar-refractivity contribution >= 4 is 11.9 Å². The van der Waals surface area contributed by atoms with Gasteiger partial charge in [0.15, 0.2) is 0 Å². The summed E-state index contributed by atoms with van der Waals surface area (Å²) in [6.45, 7) is 15.9. The molecule has 1 atom stereocenters. The molecule has 1 saturated heterocycles. The molecule has 0 spiro atoms. The van der Waals surface area contributed by atoms with Crippen LogP contribution in [-0.4, -0.2) is 35.0 Å². The molecule has 0 aromatic carbocycles. The second-order valence-corrected chi connectivity index (χ2v) is 6.58. The van der Waals surface area contributed by atoms with Crippen molar-refractivity contribution in [3.63, 3.8) is 0 Å². The maximum absolute atomic E-state index is 11.2. The summed E-state index contributed by atoms with van der Waals surface area (Å²) in [5, 5.41) is 8.42. The van der Waals surface area contributed by atoms with E-state index in [-0.39, 0.29) is 12.3 Å². The van der Waals surface area contributed by atoms with Crippen molar-refractivity contribution in [2.24, 2.45) is 5.92 Å². The number of allylic oxidation sites excluding steroid dienone is 2. The minimum absolute atomic E-state index is 0.267. The first-order valence-corrected chi connectivity index (χ1v) is 11.5. The van der Waals surface area contributed by atoms with Crippen LogP contribution in [0.15, 0.2) is 12.2 Å². The predicted octanol–water partition coefficient (Wildman–Crippen LogP) is 6.70. The molecule has 1 rings (SSSR count). The van der Waals surface area contributed by atoms with Gasteiger partial charge in [0.05, 0.1) is 0 Å². The first kappa shape index (κ1) is 31.9. The molecule has 0 aromatic rings. The summed E-state index contributed by atoms with van der Waals surface area (Å²) in [7, 11) is 0. The number of amides is 1. The van der Waals surface area contributed by atoms with Crippen molar-refractivity contribution in [3.8, 4) is 11.8 Å². The number of likely N-dealkylation sites (tertiary alicyclic amines) is 1. The van der Waals surface area contributed by atoms with E-state index in [4.69, 9.17) is 5.11 Å². The number of aliphatic carboxylic acids is 1. The summed E-state index contributed by atoms with van der Waals surface area (Å²) < 4.78 is 0. The van der Waals surface area contributed by atoms with E-state index in [9.17, 15) is 9.59 Å². The number of rotatable bonds is 10. The summed E-state index contributed by atoms with van der Waals surface area (Å²) in [5.74, 6) is 6.25. The maximum atomic E-state index is 11.2. The second kappa shape index (κ2) is 26.2. The van der Waals surface area contributed by atoms with E-state index >= 15 is 0 Å². The van der Waals surface area contributed by atoms with E-state index in [1.165, 1.54) is 0 Å². The van der Waals surface area contributed by atoms with Crippen LogP contribution in [0.2, 0.25) is 0 Å². The van der Waals surface area contributed by atoms with Gasteiger partial charge in [0.2, 0.25) is 5.91 Å². The van der Waals surface area contributed by atoms with Crippen LogP contribution in [0, 0.1) is 17.8 Å². The van der Waals surface area contributed by atoms with E-state index in [2.05, 4.69) is 37.8 Å². The number of carbonyl (C=O) groups is 2. The zero-order chi connectivity index (χ0) is 22.9. The van der Waals surface area contributed by atoms with Crippen molar-refractivity contribution < 1.29 is 14.7 Å². The minimum atomic E-state index is -0.718. The normalized spacial score (nSPS) is 13.1. The summed E-state index contributed by atoms with van der Waals surface area (Å²) in [6.07, 6.45) is 12.2. The number of hydrogen-bond donors (Lipinski definition) is 1. The highest BCUT2D eigenvalue weighted by atomic mass is 16.4. The molecule has 4 nitrogen and oxygen atoms in total. The fraction of sp³-hybridized carbons (Fsp3) is 0.760. The van der Waals surface area contributed by atoms with Crippen molar-refractivity contribution in [2.45, 2.75) is 106 Å². The summed E-state index contributed by atoms with van der Waals surface area (Å²) >= 11 is 0. The number of unbranched alkanes of at least 4 members (excludes halogenated alkanes) is 3. The van der Waals surface area contributed by atoms with E-state index in [1.54, 1.807) is 0 Å². The fourth-order valence-electron chi connectivity index (χ4n) is 2.60. The van der Waals surface area contributed by atoms with Crippen LogP contribution in [0.1, 0.15) is 106 Å². The van der Waals surface area contributed by atoms with Crippen LogP contribution in [-0.2, 0) is 9.59 Å². The van der Waals surface area contributed by atoms with Gasteiger partial charge in [-0.05, 0) is 45.4 Å². The third kappa shape index (κ3) is 24.2. The van der Waals surface area contributed by atoms with E-state index in [1.807, 2.05) is 39.5 Å². The van der Waals surface area contributed by atoms with E-state index in [0.717, 1.165) is 58.0 Å².